The smallest absolute Gasteiger partial charge is 0.205 e. The fourth-order valence-electron chi connectivity index (χ4n) is 3.51. The molecule has 1 aromatic heterocycles. The summed E-state index contributed by atoms with van der Waals surface area (Å²) in [5.41, 5.74) is 0. The monoisotopic (exact) mass is 523 g/mol. The van der Waals surface area contributed by atoms with E-state index in [4.69, 9.17) is 4.74 Å². The molecule has 2 aliphatic heterocycles. The van der Waals surface area contributed by atoms with Crippen molar-refractivity contribution in [1.82, 2.24) is 24.5 Å². The van der Waals surface area contributed by atoms with Gasteiger partial charge in [-0.05, 0) is 5.92 Å². The number of aliphatic imine (C=N–C) groups is 1. The van der Waals surface area contributed by atoms with Gasteiger partial charge in [-0.2, -0.15) is 4.37 Å². The van der Waals surface area contributed by atoms with Crippen LogP contribution in [-0.4, -0.2) is 97.7 Å². The average Bonchev–Trinajstić information content (AvgIpc) is 3.19. The third-order valence-corrected chi connectivity index (χ3v) is 5.93. The highest BCUT2D eigenvalue weighted by Gasteiger charge is 2.22. The number of piperazine rings is 1. The van der Waals surface area contributed by atoms with Crippen LogP contribution < -0.4 is 10.2 Å². The highest BCUT2D eigenvalue weighted by molar-refractivity contribution is 14.0. The van der Waals surface area contributed by atoms with Crippen molar-refractivity contribution < 1.29 is 4.74 Å². The number of ether oxygens (including phenoxy) is 1. The van der Waals surface area contributed by atoms with Gasteiger partial charge in [0, 0.05) is 77.4 Å². The molecular weight excluding hydrogens is 489 g/mol. The highest BCUT2D eigenvalue weighted by atomic mass is 127. The molecule has 3 heterocycles. The van der Waals surface area contributed by atoms with Crippen LogP contribution in [0.15, 0.2) is 4.99 Å². The molecular formula is C18H34IN7OS. The Morgan fingerprint density at radius 1 is 1.21 bits per heavy atom. The molecule has 3 rings (SSSR count). The van der Waals surface area contributed by atoms with E-state index in [1.54, 1.807) is 0 Å². The maximum absolute atomic E-state index is 5.43. The SMILES string of the molecule is CCc1nsc(N2CCN(C(=NC)NCC(C)CN3CCOCC3)CC2)n1.I. The Morgan fingerprint density at radius 3 is 2.54 bits per heavy atom. The third kappa shape index (κ3) is 6.67. The van der Waals surface area contributed by atoms with Crippen molar-refractivity contribution in [2.45, 2.75) is 20.3 Å². The molecule has 0 aliphatic carbocycles. The Bertz CT molecular complexity index is 601. The fraction of sp³-hybridized carbons (Fsp3) is 0.833. The number of rotatable bonds is 6. The first-order valence-electron chi connectivity index (χ1n) is 10.0. The predicted molar refractivity (Wildman–Crippen MR) is 126 cm³/mol. The minimum Gasteiger partial charge on any atom is -0.379 e. The van der Waals surface area contributed by atoms with Gasteiger partial charge in [-0.25, -0.2) is 4.98 Å². The van der Waals surface area contributed by atoms with E-state index in [9.17, 15) is 0 Å². The summed E-state index contributed by atoms with van der Waals surface area (Å²) in [5.74, 6) is 2.54. The first kappa shape index (κ1) is 23.6. The van der Waals surface area contributed by atoms with Gasteiger partial charge >= 0.3 is 0 Å². The van der Waals surface area contributed by atoms with Crippen LogP contribution in [0.25, 0.3) is 0 Å². The van der Waals surface area contributed by atoms with Gasteiger partial charge in [0.15, 0.2) is 5.96 Å². The van der Waals surface area contributed by atoms with Crippen molar-refractivity contribution in [3.8, 4) is 0 Å². The first-order chi connectivity index (χ1) is 13.2. The predicted octanol–water partition coefficient (Wildman–Crippen LogP) is 1.38. The molecule has 0 bridgehead atoms. The van der Waals surface area contributed by atoms with Crippen molar-refractivity contribution >= 4 is 46.6 Å². The molecule has 1 atom stereocenters. The number of aryl methyl sites for hydroxylation is 1. The Hall–Kier alpha value is -0.720. The lowest BCUT2D eigenvalue weighted by atomic mass is 10.1. The van der Waals surface area contributed by atoms with Gasteiger partial charge in [-0.1, -0.05) is 13.8 Å². The Kier molecular flexibility index (Phi) is 10.2. The third-order valence-electron chi connectivity index (χ3n) is 5.12. The van der Waals surface area contributed by atoms with E-state index in [0.29, 0.717) is 5.92 Å². The molecule has 1 unspecified atom stereocenters. The lowest BCUT2D eigenvalue weighted by molar-refractivity contribution is 0.0320. The zero-order valence-corrected chi connectivity index (χ0v) is 20.4. The molecule has 160 valence electrons. The maximum Gasteiger partial charge on any atom is 0.205 e. The van der Waals surface area contributed by atoms with Crippen LogP contribution in [0, 0.1) is 5.92 Å². The molecule has 0 saturated carbocycles. The van der Waals surface area contributed by atoms with Gasteiger partial charge in [0.25, 0.3) is 0 Å². The van der Waals surface area contributed by atoms with Gasteiger partial charge < -0.3 is 19.9 Å². The second-order valence-corrected chi connectivity index (χ2v) is 8.00. The van der Waals surface area contributed by atoms with E-state index in [2.05, 4.69) is 48.2 Å². The molecule has 28 heavy (non-hydrogen) atoms. The van der Waals surface area contributed by atoms with E-state index >= 15 is 0 Å². The van der Waals surface area contributed by atoms with E-state index < -0.39 is 0 Å². The topological polar surface area (TPSA) is 69.1 Å². The van der Waals surface area contributed by atoms with Gasteiger partial charge in [-0.15, -0.1) is 24.0 Å². The molecule has 2 fully saturated rings. The second kappa shape index (κ2) is 12.1. The van der Waals surface area contributed by atoms with Crippen molar-refractivity contribution in [2.75, 3.05) is 77.5 Å². The van der Waals surface area contributed by atoms with Crippen LogP contribution in [0.4, 0.5) is 5.13 Å². The summed E-state index contributed by atoms with van der Waals surface area (Å²) in [6.45, 7) is 14.1. The molecule has 8 nitrogen and oxygen atoms in total. The summed E-state index contributed by atoms with van der Waals surface area (Å²) in [4.78, 5) is 16.3. The first-order valence-corrected chi connectivity index (χ1v) is 10.8. The number of nitrogens with zero attached hydrogens (tertiary/aromatic N) is 6. The molecule has 0 aromatic carbocycles. The van der Waals surface area contributed by atoms with E-state index in [0.717, 1.165) is 88.9 Å². The molecule has 1 N–H and O–H groups in total. The summed E-state index contributed by atoms with van der Waals surface area (Å²) in [7, 11) is 1.87. The van der Waals surface area contributed by atoms with E-state index in [1.165, 1.54) is 11.5 Å². The Morgan fingerprint density at radius 2 is 1.93 bits per heavy atom. The molecule has 2 saturated heterocycles. The quantitative estimate of drug-likeness (QED) is 0.344. The number of morpholine rings is 1. The molecule has 0 spiro atoms. The van der Waals surface area contributed by atoms with Crippen molar-refractivity contribution in [1.29, 1.82) is 0 Å². The summed E-state index contributed by atoms with van der Waals surface area (Å²) >= 11 is 1.51. The summed E-state index contributed by atoms with van der Waals surface area (Å²) in [5, 5.41) is 4.62. The lowest BCUT2D eigenvalue weighted by Gasteiger charge is -2.36. The molecule has 2 aliphatic rings. The van der Waals surface area contributed by atoms with Gasteiger partial charge in [0.2, 0.25) is 5.13 Å². The lowest BCUT2D eigenvalue weighted by Crippen LogP contribution is -2.53. The highest BCUT2D eigenvalue weighted by Crippen LogP contribution is 2.19. The van der Waals surface area contributed by atoms with Crippen LogP contribution in [0.2, 0.25) is 0 Å². The van der Waals surface area contributed by atoms with Crippen molar-refractivity contribution in [2.24, 2.45) is 10.9 Å². The number of anilines is 1. The maximum atomic E-state index is 5.43. The number of hydrogen-bond acceptors (Lipinski definition) is 7. The van der Waals surface area contributed by atoms with Crippen LogP contribution in [0.3, 0.4) is 0 Å². The minimum atomic E-state index is 0. The standard InChI is InChI=1S/C18H33N7OS.HI/c1-4-16-21-18(27-22-16)25-7-5-24(6-8-25)17(19-3)20-13-15(2)14-23-9-11-26-12-10-23;/h15H,4-14H2,1-3H3,(H,19,20);1H. The number of aromatic nitrogens is 2. The Labute approximate surface area is 189 Å². The van der Waals surface area contributed by atoms with Crippen LogP contribution in [0.1, 0.15) is 19.7 Å². The van der Waals surface area contributed by atoms with Gasteiger partial charge in [0.05, 0.1) is 13.2 Å². The summed E-state index contributed by atoms with van der Waals surface area (Å²) < 4.78 is 9.83. The van der Waals surface area contributed by atoms with Gasteiger partial charge in [0.1, 0.15) is 5.82 Å². The van der Waals surface area contributed by atoms with E-state index in [-0.39, 0.29) is 24.0 Å². The second-order valence-electron chi connectivity index (χ2n) is 7.27. The van der Waals surface area contributed by atoms with Crippen LogP contribution >= 0.6 is 35.5 Å². The number of guanidine groups is 1. The molecule has 0 radical (unpaired) electrons. The molecule has 10 heteroatoms. The molecule has 1 aromatic rings. The normalized spacial score (nSPS) is 20.0. The number of nitrogens with one attached hydrogen (secondary N) is 1. The van der Waals surface area contributed by atoms with Crippen molar-refractivity contribution in [3.63, 3.8) is 0 Å². The summed E-state index contributed by atoms with van der Waals surface area (Å²) in [6, 6.07) is 0. The van der Waals surface area contributed by atoms with Crippen molar-refractivity contribution in [3.05, 3.63) is 5.82 Å². The van der Waals surface area contributed by atoms with Gasteiger partial charge in [-0.3, -0.25) is 9.89 Å². The number of hydrogen-bond donors (Lipinski definition) is 1. The summed E-state index contributed by atoms with van der Waals surface area (Å²) in [6.07, 6.45) is 0.898. The largest absolute Gasteiger partial charge is 0.379 e. The zero-order valence-electron chi connectivity index (χ0n) is 17.3. The Balaban J connectivity index is 0.00000280. The van der Waals surface area contributed by atoms with E-state index in [1.807, 2.05) is 7.05 Å². The van der Waals surface area contributed by atoms with Crippen LogP contribution in [-0.2, 0) is 11.2 Å². The van der Waals surface area contributed by atoms with Crippen LogP contribution in [0.5, 0.6) is 0 Å². The average molecular weight is 523 g/mol. The minimum absolute atomic E-state index is 0. The molecule has 0 amide bonds. The fourth-order valence-corrected chi connectivity index (χ4v) is 4.31. The zero-order chi connectivity index (χ0) is 19.1. The number of halogens is 1.